The lowest BCUT2D eigenvalue weighted by Gasteiger charge is -2.35. The number of nitrogens with one attached hydrogen (secondary N) is 2. The Morgan fingerprint density at radius 1 is 1.11 bits per heavy atom. The summed E-state index contributed by atoms with van der Waals surface area (Å²) in [5.41, 5.74) is 4.04. The Morgan fingerprint density at radius 2 is 1.91 bits per heavy atom. The van der Waals surface area contributed by atoms with Crippen LogP contribution in [0.25, 0.3) is 10.2 Å². The first-order valence-corrected chi connectivity index (χ1v) is 12.4. The molecule has 1 aliphatic heterocycles. The number of ether oxygens (including phenoxy) is 1. The average molecular weight is 496 g/mol. The highest BCUT2D eigenvalue weighted by atomic mass is 32.1. The first kappa shape index (κ1) is 24.6. The summed E-state index contributed by atoms with van der Waals surface area (Å²) in [6.45, 7) is 7.57. The van der Waals surface area contributed by atoms with Crippen LogP contribution in [0.5, 0.6) is 0 Å². The van der Waals surface area contributed by atoms with Gasteiger partial charge in [-0.25, -0.2) is 14.8 Å². The summed E-state index contributed by atoms with van der Waals surface area (Å²) in [5.74, 6) is -0.987. The molecule has 3 aromatic rings. The van der Waals surface area contributed by atoms with Crippen molar-refractivity contribution < 1.29 is 19.1 Å². The van der Waals surface area contributed by atoms with Gasteiger partial charge in [-0.15, -0.1) is 11.3 Å². The SMILES string of the molecule is Cc1cc(NC(=O)C(=O)N2CCCCC2c2ccc3scnc3c2)cnc1NC(=O)OC(C)(C)C. The molecule has 3 amide bonds. The zero-order chi connectivity index (χ0) is 25.2. The van der Waals surface area contributed by atoms with Crippen LogP contribution in [-0.4, -0.2) is 44.9 Å². The molecular formula is C25H29N5O4S. The molecule has 1 saturated heterocycles. The maximum atomic E-state index is 13.1. The second-order valence-corrected chi connectivity index (χ2v) is 10.4. The Bertz CT molecular complexity index is 1270. The lowest BCUT2D eigenvalue weighted by molar-refractivity contribution is -0.145. The van der Waals surface area contributed by atoms with Crippen LogP contribution in [0.15, 0.2) is 36.0 Å². The lowest BCUT2D eigenvalue weighted by Crippen LogP contribution is -2.44. The fourth-order valence-corrected chi connectivity index (χ4v) is 4.75. The number of hydrogen-bond donors (Lipinski definition) is 2. The largest absolute Gasteiger partial charge is 0.444 e. The molecule has 3 heterocycles. The van der Waals surface area contributed by atoms with Crippen LogP contribution in [0, 0.1) is 6.92 Å². The summed E-state index contributed by atoms with van der Waals surface area (Å²) in [7, 11) is 0. The molecule has 1 fully saturated rings. The predicted molar refractivity (Wildman–Crippen MR) is 135 cm³/mol. The third kappa shape index (κ3) is 5.94. The van der Waals surface area contributed by atoms with Crippen molar-refractivity contribution in [3.8, 4) is 0 Å². The summed E-state index contributed by atoms with van der Waals surface area (Å²) in [4.78, 5) is 48.2. The minimum atomic E-state index is -0.722. The molecule has 1 unspecified atom stereocenters. The van der Waals surface area contributed by atoms with E-state index in [4.69, 9.17) is 4.74 Å². The number of fused-ring (bicyclic) bond motifs is 1. The second-order valence-electron chi connectivity index (χ2n) is 9.56. The number of aryl methyl sites for hydroxylation is 1. The zero-order valence-corrected chi connectivity index (χ0v) is 21.1. The van der Waals surface area contributed by atoms with E-state index in [9.17, 15) is 14.4 Å². The predicted octanol–water partition coefficient (Wildman–Crippen LogP) is 5.04. The van der Waals surface area contributed by atoms with Gasteiger partial charge in [0.1, 0.15) is 11.4 Å². The Hall–Kier alpha value is -3.53. The van der Waals surface area contributed by atoms with Crippen molar-refractivity contribution in [3.63, 3.8) is 0 Å². The fourth-order valence-electron chi connectivity index (χ4n) is 4.09. The lowest BCUT2D eigenvalue weighted by atomic mass is 9.95. The Kier molecular flexibility index (Phi) is 7.02. The van der Waals surface area contributed by atoms with E-state index in [0.717, 1.165) is 35.0 Å². The second kappa shape index (κ2) is 9.99. The number of benzene rings is 1. The van der Waals surface area contributed by atoms with Crippen LogP contribution < -0.4 is 10.6 Å². The molecule has 1 aromatic carbocycles. The molecule has 1 aliphatic rings. The van der Waals surface area contributed by atoms with Gasteiger partial charge >= 0.3 is 17.9 Å². The highest BCUT2D eigenvalue weighted by molar-refractivity contribution is 7.16. The van der Waals surface area contributed by atoms with E-state index in [2.05, 4.69) is 20.6 Å². The van der Waals surface area contributed by atoms with Crippen LogP contribution >= 0.6 is 11.3 Å². The van der Waals surface area contributed by atoms with Crippen LogP contribution in [0.1, 0.15) is 57.2 Å². The first-order valence-electron chi connectivity index (χ1n) is 11.5. The van der Waals surface area contributed by atoms with E-state index in [-0.39, 0.29) is 6.04 Å². The summed E-state index contributed by atoms with van der Waals surface area (Å²) >= 11 is 1.57. The number of thiazole rings is 1. The monoisotopic (exact) mass is 495 g/mol. The number of amides is 3. The van der Waals surface area contributed by atoms with Crippen LogP contribution in [0.3, 0.4) is 0 Å². The molecule has 0 radical (unpaired) electrons. The molecule has 2 aromatic heterocycles. The molecule has 1 atom stereocenters. The van der Waals surface area contributed by atoms with E-state index in [0.29, 0.717) is 23.6 Å². The van der Waals surface area contributed by atoms with Crippen molar-refractivity contribution in [2.24, 2.45) is 0 Å². The summed E-state index contributed by atoms with van der Waals surface area (Å²) in [6.07, 6.45) is 3.40. The normalized spacial score (nSPS) is 16.1. The smallest absolute Gasteiger partial charge is 0.413 e. The van der Waals surface area contributed by atoms with Crippen molar-refractivity contribution >= 4 is 51.0 Å². The van der Waals surface area contributed by atoms with Gasteiger partial charge in [0.15, 0.2) is 0 Å². The number of piperidine rings is 1. The van der Waals surface area contributed by atoms with Gasteiger partial charge in [-0.05, 0) is 76.3 Å². The number of nitrogens with zero attached hydrogens (tertiary/aromatic N) is 3. The average Bonchev–Trinajstić information content (AvgIpc) is 3.27. The molecule has 0 spiro atoms. The van der Waals surface area contributed by atoms with Gasteiger partial charge in [-0.1, -0.05) is 6.07 Å². The van der Waals surface area contributed by atoms with E-state index >= 15 is 0 Å². The molecule has 10 heteroatoms. The number of rotatable bonds is 3. The Balaban J connectivity index is 1.44. The minimum absolute atomic E-state index is 0.173. The van der Waals surface area contributed by atoms with Crippen LogP contribution in [-0.2, 0) is 14.3 Å². The van der Waals surface area contributed by atoms with Gasteiger partial charge in [0.2, 0.25) is 0 Å². The van der Waals surface area contributed by atoms with Crippen LogP contribution in [0.2, 0.25) is 0 Å². The number of aromatic nitrogens is 2. The topological polar surface area (TPSA) is 114 Å². The number of hydrogen-bond acceptors (Lipinski definition) is 7. The maximum absolute atomic E-state index is 13.1. The summed E-state index contributed by atoms with van der Waals surface area (Å²) in [6, 6.07) is 7.51. The van der Waals surface area contributed by atoms with Crippen molar-refractivity contribution in [2.45, 2.75) is 58.6 Å². The Morgan fingerprint density at radius 3 is 2.66 bits per heavy atom. The van der Waals surface area contributed by atoms with E-state index < -0.39 is 23.5 Å². The molecular weight excluding hydrogens is 466 g/mol. The van der Waals surface area contributed by atoms with Crippen molar-refractivity contribution in [1.82, 2.24) is 14.9 Å². The van der Waals surface area contributed by atoms with Crippen molar-refractivity contribution in [2.75, 3.05) is 17.2 Å². The Labute approximate surface area is 207 Å². The quantitative estimate of drug-likeness (QED) is 0.492. The molecule has 35 heavy (non-hydrogen) atoms. The molecule has 0 bridgehead atoms. The number of likely N-dealkylation sites (tertiary alicyclic amines) is 1. The van der Waals surface area contributed by atoms with Crippen molar-refractivity contribution in [3.05, 3.63) is 47.1 Å². The van der Waals surface area contributed by atoms with Gasteiger partial charge in [-0.2, -0.15) is 0 Å². The molecule has 184 valence electrons. The summed E-state index contributed by atoms with van der Waals surface area (Å²) in [5, 5.41) is 5.24. The third-order valence-corrected chi connectivity index (χ3v) is 6.46. The number of carbonyl (C=O) groups is 3. The van der Waals surface area contributed by atoms with Gasteiger partial charge < -0.3 is 15.0 Å². The van der Waals surface area contributed by atoms with E-state index in [1.54, 1.807) is 55.5 Å². The number of carbonyl (C=O) groups excluding carboxylic acids is 3. The van der Waals surface area contributed by atoms with Gasteiger partial charge in [0, 0.05) is 6.54 Å². The minimum Gasteiger partial charge on any atom is -0.444 e. The van der Waals surface area contributed by atoms with Gasteiger partial charge in [0.25, 0.3) is 0 Å². The molecule has 2 N–H and O–H groups in total. The zero-order valence-electron chi connectivity index (χ0n) is 20.3. The highest BCUT2D eigenvalue weighted by Gasteiger charge is 2.32. The van der Waals surface area contributed by atoms with E-state index in [1.807, 2.05) is 18.2 Å². The van der Waals surface area contributed by atoms with Crippen LogP contribution in [0.4, 0.5) is 16.3 Å². The van der Waals surface area contributed by atoms with Crippen molar-refractivity contribution in [1.29, 1.82) is 0 Å². The fraction of sp³-hybridized carbons (Fsp3) is 0.400. The molecule has 4 rings (SSSR count). The first-order chi connectivity index (χ1) is 16.6. The third-order valence-electron chi connectivity index (χ3n) is 5.65. The van der Waals surface area contributed by atoms with E-state index in [1.165, 1.54) is 6.20 Å². The van der Waals surface area contributed by atoms with Gasteiger partial charge in [-0.3, -0.25) is 14.9 Å². The standard InChI is InChI=1S/C25H29N5O4S/c1-15-11-17(13-26-21(15)29-24(33)34-25(2,3)4)28-22(31)23(32)30-10-6-5-7-19(30)16-8-9-20-18(12-16)27-14-35-20/h8-9,11-14,19H,5-7,10H2,1-4H3,(H,28,31)(H,26,29,33). The number of pyridine rings is 1. The molecule has 0 aliphatic carbocycles. The molecule has 9 nitrogen and oxygen atoms in total. The maximum Gasteiger partial charge on any atom is 0.413 e. The highest BCUT2D eigenvalue weighted by Crippen LogP contribution is 2.33. The van der Waals surface area contributed by atoms with Gasteiger partial charge in [0.05, 0.1) is 33.7 Å². The summed E-state index contributed by atoms with van der Waals surface area (Å²) < 4.78 is 6.33. The molecule has 0 saturated carbocycles. The number of anilines is 2.